The van der Waals surface area contributed by atoms with E-state index in [9.17, 15) is 4.79 Å². The summed E-state index contributed by atoms with van der Waals surface area (Å²) < 4.78 is 10.8. The molecule has 6 nitrogen and oxygen atoms in total. The summed E-state index contributed by atoms with van der Waals surface area (Å²) in [7, 11) is 0. The van der Waals surface area contributed by atoms with Crippen molar-refractivity contribution >= 4 is 5.91 Å². The van der Waals surface area contributed by atoms with E-state index in [-0.39, 0.29) is 11.9 Å². The Hall–Kier alpha value is -2.47. The van der Waals surface area contributed by atoms with Crippen molar-refractivity contribution in [3.05, 3.63) is 47.8 Å². The van der Waals surface area contributed by atoms with E-state index >= 15 is 0 Å². The molecule has 0 spiro atoms. The Labute approximate surface area is 134 Å². The van der Waals surface area contributed by atoms with Crippen molar-refractivity contribution in [1.29, 1.82) is 0 Å². The molecule has 1 aromatic carbocycles. The fourth-order valence-corrected chi connectivity index (χ4v) is 2.48. The highest BCUT2D eigenvalue weighted by molar-refractivity contribution is 5.88. The van der Waals surface area contributed by atoms with Crippen LogP contribution in [0.5, 0.6) is 0 Å². The van der Waals surface area contributed by atoms with Gasteiger partial charge in [0.15, 0.2) is 5.82 Å². The van der Waals surface area contributed by atoms with Crippen LogP contribution >= 0.6 is 0 Å². The molecule has 1 unspecified atom stereocenters. The molecule has 1 fully saturated rings. The van der Waals surface area contributed by atoms with Crippen molar-refractivity contribution < 1.29 is 14.1 Å². The summed E-state index contributed by atoms with van der Waals surface area (Å²) >= 11 is 0. The van der Waals surface area contributed by atoms with Gasteiger partial charge in [-0.15, -0.1) is 0 Å². The van der Waals surface area contributed by atoms with Gasteiger partial charge in [0.2, 0.25) is 5.91 Å². The zero-order chi connectivity index (χ0) is 16.2. The molecule has 120 valence electrons. The lowest BCUT2D eigenvalue weighted by Crippen LogP contribution is -2.43. The zero-order valence-corrected chi connectivity index (χ0v) is 13.2. The average molecular weight is 313 g/mol. The topological polar surface area (TPSA) is 68.5 Å². The van der Waals surface area contributed by atoms with E-state index in [0.717, 1.165) is 11.1 Å². The van der Waals surface area contributed by atoms with Crippen LogP contribution in [-0.2, 0) is 9.53 Å². The van der Waals surface area contributed by atoms with Crippen molar-refractivity contribution in [2.45, 2.75) is 19.9 Å². The minimum Gasteiger partial charge on any atom is -0.377 e. The number of allylic oxidation sites excluding steroid dienone is 1. The summed E-state index contributed by atoms with van der Waals surface area (Å²) in [5.41, 5.74) is 1.81. The molecule has 1 amide bonds. The van der Waals surface area contributed by atoms with Crippen molar-refractivity contribution in [3.8, 4) is 11.5 Å². The molecule has 1 aliphatic rings. The van der Waals surface area contributed by atoms with Crippen molar-refractivity contribution in [2.24, 2.45) is 0 Å². The van der Waals surface area contributed by atoms with Gasteiger partial charge in [-0.25, -0.2) is 0 Å². The predicted octanol–water partition coefficient (Wildman–Crippen LogP) is 2.60. The van der Waals surface area contributed by atoms with Crippen LogP contribution in [0.2, 0.25) is 0 Å². The Morgan fingerprint density at radius 1 is 1.30 bits per heavy atom. The monoisotopic (exact) mass is 313 g/mol. The number of hydrogen-bond acceptors (Lipinski definition) is 5. The molecular weight excluding hydrogens is 294 g/mol. The van der Waals surface area contributed by atoms with Crippen LogP contribution < -0.4 is 0 Å². The first-order valence-electron chi connectivity index (χ1n) is 7.57. The van der Waals surface area contributed by atoms with Gasteiger partial charge in [-0.05, 0) is 26.0 Å². The summed E-state index contributed by atoms with van der Waals surface area (Å²) in [6, 6.07) is 9.23. The Kier molecular flexibility index (Phi) is 4.52. The molecule has 0 saturated carbocycles. The van der Waals surface area contributed by atoms with E-state index in [0.29, 0.717) is 31.5 Å². The fraction of sp³-hybridized carbons (Fsp3) is 0.353. The van der Waals surface area contributed by atoms with Crippen molar-refractivity contribution in [2.75, 3.05) is 19.8 Å². The molecule has 2 heterocycles. The lowest BCUT2D eigenvalue weighted by atomic mass is 10.2. The molecule has 1 aromatic heterocycles. The standard InChI is InChI=1S/C17H19N3O3/c1-12(2)10-15(21)20-8-9-22-11-14(20)16-18-17(23-19-16)13-6-4-3-5-7-13/h3-7,10,14H,8-9,11H2,1-2H3. The molecule has 0 radical (unpaired) electrons. The van der Waals surface area contributed by atoms with Gasteiger partial charge in [-0.2, -0.15) is 4.98 Å². The van der Waals surface area contributed by atoms with Crippen LogP contribution in [0.3, 0.4) is 0 Å². The van der Waals surface area contributed by atoms with Crippen LogP contribution in [0.4, 0.5) is 0 Å². The van der Waals surface area contributed by atoms with Gasteiger partial charge in [-0.1, -0.05) is 28.9 Å². The van der Waals surface area contributed by atoms with E-state index in [4.69, 9.17) is 9.26 Å². The smallest absolute Gasteiger partial charge is 0.257 e. The Balaban J connectivity index is 1.85. The zero-order valence-electron chi connectivity index (χ0n) is 13.2. The maximum absolute atomic E-state index is 12.4. The van der Waals surface area contributed by atoms with Crippen molar-refractivity contribution in [1.82, 2.24) is 15.0 Å². The molecule has 23 heavy (non-hydrogen) atoms. The summed E-state index contributed by atoms with van der Waals surface area (Å²) in [5.74, 6) is 0.865. The van der Waals surface area contributed by atoms with Gasteiger partial charge >= 0.3 is 0 Å². The molecule has 1 saturated heterocycles. The minimum absolute atomic E-state index is 0.0515. The first-order chi connectivity index (χ1) is 11.1. The van der Waals surface area contributed by atoms with Crippen LogP contribution in [0.15, 0.2) is 46.5 Å². The summed E-state index contributed by atoms with van der Waals surface area (Å²) in [6.07, 6.45) is 1.62. The van der Waals surface area contributed by atoms with Gasteiger partial charge in [-0.3, -0.25) is 4.79 Å². The number of carbonyl (C=O) groups is 1. The van der Waals surface area contributed by atoms with E-state index in [1.165, 1.54) is 0 Å². The van der Waals surface area contributed by atoms with Crippen LogP contribution in [-0.4, -0.2) is 40.7 Å². The predicted molar refractivity (Wildman–Crippen MR) is 84.4 cm³/mol. The highest BCUT2D eigenvalue weighted by atomic mass is 16.5. The molecule has 0 bridgehead atoms. The van der Waals surface area contributed by atoms with E-state index in [1.807, 2.05) is 44.2 Å². The molecule has 1 aliphatic heterocycles. The largest absolute Gasteiger partial charge is 0.377 e. The second-order valence-electron chi connectivity index (χ2n) is 5.67. The normalized spacial score (nSPS) is 17.8. The van der Waals surface area contributed by atoms with Gasteiger partial charge in [0.25, 0.3) is 5.89 Å². The summed E-state index contributed by atoms with van der Waals surface area (Å²) in [5, 5.41) is 4.05. The van der Waals surface area contributed by atoms with Gasteiger partial charge in [0.1, 0.15) is 6.04 Å². The van der Waals surface area contributed by atoms with Gasteiger partial charge in [0.05, 0.1) is 13.2 Å². The average Bonchev–Trinajstić information content (AvgIpc) is 3.05. The van der Waals surface area contributed by atoms with Gasteiger partial charge in [0, 0.05) is 18.2 Å². The van der Waals surface area contributed by atoms with E-state index in [2.05, 4.69) is 10.1 Å². The lowest BCUT2D eigenvalue weighted by molar-refractivity contribution is -0.135. The Bertz CT molecular complexity index is 705. The van der Waals surface area contributed by atoms with Gasteiger partial charge < -0.3 is 14.2 Å². The Morgan fingerprint density at radius 3 is 2.83 bits per heavy atom. The number of nitrogens with zero attached hydrogens (tertiary/aromatic N) is 3. The second kappa shape index (κ2) is 6.75. The molecule has 2 aromatic rings. The maximum Gasteiger partial charge on any atom is 0.257 e. The number of hydrogen-bond donors (Lipinski definition) is 0. The first kappa shape index (κ1) is 15.4. The molecular formula is C17H19N3O3. The number of ether oxygens (including phenoxy) is 1. The minimum atomic E-state index is -0.326. The molecule has 6 heteroatoms. The molecule has 0 aliphatic carbocycles. The molecule has 0 N–H and O–H groups in total. The first-order valence-corrected chi connectivity index (χ1v) is 7.57. The number of amides is 1. The van der Waals surface area contributed by atoms with Crippen LogP contribution in [0, 0.1) is 0 Å². The SMILES string of the molecule is CC(C)=CC(=O)N1CCOCC1c1noc(-c2ccccc2)n1. The fourth-order valence-electron chi connectivity index (χ4n) is 2.48. The maximum atomic E-state index is 12.4. The third-order valence-corrected chi connectivity index (χ3v) is 3.58. The molecule has 3 rings (SSSR count). The number of benzene rings is 1. The lowest BCUT2D eigenvalue weighted by Gasteiger charge is -2.33. The highest BCUT2D eigenvalue weighted by Gasteiger charge is 2.31. The second-order valence-corrected chi connectivity index (χ2v) is 5.67. The molecule has 1 atom stereocenters. The van der Waals surface area contributed by atoms with Crippen LogP contribution in [0.1, 0.15) is 25.7 Å². The van der Waals surface area contributed by atoms with E-state index < -0.39 is 0 Å². The number of rotatable bonds is 3. The van der Waals surface area contributed by atoms with E-state index in [1.54, 1.807) is 11.0 Å². The summed E-state index contributed by atoms with van der Waals surface area (Å²) in [6.45, 7) is 5.20. The quantitative estimate of drug-likeness (QED) is 0.815. The highest BCUT2D eigenvalue weighted by Crippen LogP contribution is 2.25. The Morgan fingerprint density at radius 2 is 2.09 bits per heavy atom. The number of morpholine rings is 1. The van der Waals surface area contributed by atoms with Crippen LogP contribution in [0.25, 0.3) is 11.5 Å². The third kappa shape index (κ3) is 3.48. The third-order valence-electron chi connectivity index (χ3n) is 3.58. The number of aromatic nitrogens is 2. The van der Waals surface area contributed by atoms with Crippen molar-refractivity contribution in [3.63, 3.8) is 0 Å². The number of carbonyl (C=O) groups excluding carboxylic acids is 1. The summed E-state index contributed by atoms with van der Waals surface area (Å²) in [4.78, 5) is 18.6.